The number of ether oxygens (including phenoxy) is 2. The fraction of sp³-hybridized carbons (Fsp3) is 0.607. The molecule has 0 unspecified atom stereocenters. The van der Waals surface area contributed by atoms with Gasteiger partial charge in [0.05, 0.1) is 12.9 Å². The molecule has 5 atom stereocenters. The van der Waals surface area contributed by atoms with Crippen molar-refractivity contribution in [1.82, 2.24) is 0 Å². The molecule has 3 nitrogen and oxygen atoms in total. The fourth-order valence-corrected chi connectivity index (χ4v) is 7.30. The van der Waals surface area contributed by atoms with Crippen molar-refractivity contribution in [3.05, 3.63) is 58.9 Å². The van der Waals surface area contributed by atoms with Crippen LogP contribution in [0.25, 0.3) is 0 Å². The van der Waals surface area contributed by atoms with Crippen LogP contribution in [0.15, 0.2) is 53.3 Å². The highest BCUT2D eigenvalue weighted by Gasteiger charge is 2.56. The van der Waals surface area contributed by atoms with Gasteiger partial charge in [-0.3, -0.25) is 4.79 Å². The quantitative estimate of drug-likeness (QED) is 0.409. The van der Waals surface area contributed by atoms with Crippen LogP contribution in [0.5, 0.6) is 0 Å². The van der Waals surface area contributed by atoms with Gasteiger partial charge in [0.2, 0.25) is 0 Å². The van der Waals surface area contributed by atoms with Gasteiger partial charge in [-0.25, -0.2) is 0 Å². The van der Waals surface area contributed by atoms with E-state index < -0.39 is 0 Å². The van der Waals surface area contributed by atoms with Crippen molar-refractivity contribution in [2.75, 3.05) is 7.11 Å². The maximum absolute atomic E-state index is 12.7. The Bertz CT molecular complexity index is 883. The van der Waals surface area contributed by atoms with E-state index in [1.807, 2.05) is 18.2 Å². The number of esters is 1. The molecule has 0 aliphatic heterocycles. The second-order valence-electron chi connectivity index (χ2n) is 10.4. The van der Waals surface area contributed by atoms with Gasteiger partial charge in [-0.2, -0.15) is 0 Å². The first-order valence-corrected chi connectivity index (χ1v) is 12.3. The number of carbonyl (C=O) groups excluding carboxylic acids is 1. The minimum Gasteiger partial charge on any atom is -0.501 e. The van der Waals surface area contributed by atoms with Crippen molar-refractivity contribution < 1.29 is 14.3 Å². The summed E-state index contributed by atoms with van der Waals surface area (Å²) < 4.78 is 11.7. The molecule has 5 rings (SSSR count). The lowest BCUT2D eigenvalue weighted by molar-refractivity contribution is -0.157. The van der Waals surface area contributed by atoms with Gasteiger partial charge in [-0.05, 0) is 80.8 Å². The third kappa shape index (κ3) is 3.85. The summed E-state index contributed by atoms with van der Waals surface area (Å²) in [6, 6.07) is 10.3. The van der Waals surface area contributed by atoms with E-state index in [2.05, 4.69) is 25.1 Å². The van der Waals surface area contributed by atoms with Crippen LogP contribution < -0.4 is 0 Å². The monoisotopic (exact) mass is 420 g/mol. The number of hydrogen-bond acceptors (Lipinski definition) is 3. The van der Waals surface area contributed by atoms with Crippen LogP contribution in [0.2, 0.25) is 0 Å². The number of fused-ring (bicyclic) bond motifs is 4. The van der Waals surface area contributed by atoms with E-state index in [9.17, 15) is 4.79 Å². The number of carbonyl (C=O) groups is 1. The molecular formula is C28H36O3. The number of rotatable bonds is 5. The summed E-state index contributed by atoms with van der Waals surface area (Å²) in [4.78, 5) is 12.7. The zero-order valence-corrected chi connectivity index (χ0v) is 19.1. The predicted octanol–water partition coefficient (Wildman–Crippen LogP) is 6.39. The number of methoxy groups -OCH3 is 1. The lowest BCUT2D eigenvalue weighted by atomic mass is 9.54. The van der Waals surface area contributed by atoms with Gasteiger partial charge in [-0.1, -0.05) is 48.4 Å². The molecule has 4 aliphatic rings. The van der Waals surface area contributed by atoms with Crippen molar-refractivity contribution in [3.63, 3.8) is 0 Å². The van der Waals surface area contributed by atoms with Gasteiger partial charge < -0.3 is 9.47 Å². The number of hydrogen-bond donors (Lipinski definition) is 0. The molecule has 0 N–H and O–H groups in total. The summed E-state index contributed by atoms with van der Waals surface area (Å²) in [7, 11) is 1.80. The van der Waals surface area contributed by atoms with Crippen molar-refractivity contribution in [2.45, 2.75) is 77.2 Å². The van der Waals surface area contributed by atoms with Gasteiger partial charge in [0.15, 0.2) is 0 Å². The SMILES string of the molecule is COC1=CCC2=C(CC[C@@H]3[C@@H]2CC[C@]2(C)[C@@H](OC(=O)CCc4ccccc4)CC[C@@H]32)C1. The Hall–Kier alpha value is -2.03. The molecule has 0 aromatic heterocycles. The lowest BCUT2D eigenvalue weighted by Crippen LogP contribution is -2.46. The van der Waals surface area contributed by atoms with Gasteiger partial charge in [-0.15, -0.1) is 0 Å². The van der Waals surface area contributed by atoms with E-state index in [0.29, 0.717) is 12.3 Å². The van der Waals surface area contributed by atoms with Crippen LogP contribution >= 0.6 is 0 Å². The van der Waals surface area contributed by atoms with Crippen molar-refractivity contribution in [2.24, 2.45) is 23.2 Å². The van der Waals surface area contributed by atoms with Gasteiger partial charge in [0.25, 0.3) is 0 Å². The van der Waals surface area contributed by atoms with Gasteiger partial charge in [0, 0.05) is 18.3 Å². The van der Waals surface area contributed by atoms with E-state index in [0.717, 1.165) is 43.3 Å². The Morgan fingerprint density at radius 1 is 1.13 bits per heavy atom. The van der Waals surface area contributed by atoms with Crippen LogP contribution in [0.1, 0.15) is 70.3 Å². The van der Waals surface area contributed by atoms with Crippen LogP contribution in [-0.2, 0) is 20.7 Å². The van der Waals surface area contributed by atoms with Gasteiger partial charge in [0.1, 0.15) is 6.10 Å². The Balaban J connectivity index is 1.23. The van der Waals surface area contributed by atoms with E-state index in [4.69, 9.17) is 9.47 Å². The summed E-state index contributed by atoms with van der Waals surface area (Å²) in [5.41, 5.74) is 4.75. The highest BCUT2D eigenvalue weighted by molar-refractivity contribution is 5.70. The number of allylic oxidation sites excluding steroid dienone is 3. The Morgan fingerprint density at radius 2 is 1.97 bits per heavy atom. The molecule has 1 aromatic carbocycles. The van der Waals surface area contributed by atoms with E-state index in [1.165, 1.54) is 37.7 Å². The molecule has 0 bridgehead atoms. The molecule has 4 aliphatic carbocycles. The largest absolute Gasteiger partial charge is 0.501 e. The van der Waals surface area contributed by atoms with Crippen molar-refractivity contribution in [3.8, 4) is 0 Å². The van der Waals surface area contributed by atoms with Crippen LogP contribution in [-0.4, -0.2) is 19.2 Å². The topological polar surface area (TPSA) is 35.5 Å². The average Bonchev–Trinajstić information content (AvgIpc) is 3.13. The molecule has 2 saturated carbocycles. The van der Waals surface area contributed by atoms with Crippen LogP contribution in [0.4, 0.5) is 0 Å². The lowest BCUT2D eigenvalue weighted by Gasteiger charge is -2.51. The average molecular weight is 421 g/mol. The molecule has 0 saturated heterocycles. The summed E-state index contributed by atoms with van der Waals surface area (Å²) in [5, 5.41) is 0. The highest BCUT2D eigenvalue weighted by atomic mass is 16.5. The molecule has 0 spiro atoms. The van der Waals surface area contributed by atoms with Crippen LogP contribution in [0, 0.1) is 23.2 Å². The Labute approximate surface area is 186 Å². The van der Waals surface area contributed by atoms with Crippen molar-refractivity contribution in [1.29, 1.82) is 0 Å². The summed E-state index contributed by atoms with van der Waals surface area (Å²) in [6.45, 7) is 2.42. The first kappa shape index (κ1) is 20.8. The highest BCUT2D eigenvalue weighted by Crippen LogP contribution is 2.61. The van der Waals surface area contributed by atoms with E-state index >= 15 is 0 Å². The smallest absolute Gasteiger partial charge is 0.306 e. The molecule has 1 aromatic rings. The predicted molar refractivity (Wildman–Crippen MR) is 122 cm³/mol. The van der Waals surface area contributed by atoms with E-state index in [1.54, 1.807) is 18.3 Å². The molecule has 3 heteroatoms. The normalized spacial score (nSPS) is 34.3. The molecule has 31 heavy (non-hydrogen) atoms. The fourth-order valence-electron chi connectivity index (χ4n) is 7.30. The summed E-state index contributed by atoms with van der Waals surface area (Å²) in [5.74, 6) is 3.34. The van der Waals surface area contributed by atoms with Crippen LogP contribution in [0.3, 0.4) is 0 Å². The maximum atomic E-state index is 12.7. The summed E-state index contributed by atoms with van der Waals surface area (Å²) in [6.07, 6.45) is 13.0. The molecule has 0 amide bonds. The zero-order chi connectivity index (χ0) is 21.4. The molecule has 0 heterocycles. The minimum atomic E-state index is -0.0176. The third-order valence-electron chi connectivity index (χ3n) is 8.97. The standard InChI is InChI=1S/C28H36O3/c1-28-17-16-23-22-12-10-21(30-2)18-20(22)9-11-24(23)25(28)13-14-26(28)31-27(29)15-8-19-6-4-3-5-7-19/h3-7,10,23-26H,8-9,11-18H2,1-2H3/t23-,24-,25+,26+,28+/m1/s1. The minimum absolute atomic E-state index is 0.0176. The molecular weight excluding hydrogens is 384 g/mol. The van der Waals surface area contributed by atoms with Crippen molar-refractivity contribution >= 4 is 5.97 Å². The molecule has 2 fully saturated rings. The van der Waals surface area contributed by atoms with Gasteiger partial charge >= 0.3 is 5.97 Å². The Morgan fingerprint density at radius 3 is 2.77 bits per heavy atom. The number of aryl methyl sites for hydroxylation is 1. The third-order valence-corrected chi connectivity index (χ3v) is 8.97. The summed E-state index contributed by atoms with van der Waals surface area (Å²) >= 11 is 0. The molecule has 0 radical (unpaired) electrons. The molecule has 166 valence electrons. The first-order valence-electron chi connectivity index (χ1n) is 12.3. The first-order chi connectivity index (χ1) is 15.1. The Kier molecular flexibility index (Phi) is 5.71. The number of benzene rings is 1. The maximum Gasteiger partial charge on any atom is 0.306 e. The zero-order valence-electron chi connectivity index (χ0n) is 19.1. The van der Waals surface area contributed by atoms with E-state index in [-0.39, 0.29) is 17.5 Å². The second-order valence-corrected chi connectivity index (χ2v) is 10.4. The second kappa shape index (κ2) is 8.48.